The number of benzene rings is 1. The minimum atomic E-state index is 0.998. The Hall–Kier alpha value is -2.36. The largest absolute Gasteiger partial charge is 0.262 e. The van der Waals surface area contributed by atoms with Gasteiger partial charge >= 0.3 is 0 Å². The molecule has 3 rings (SSSR count). The Morgan fingerprint density at radius 3 is 2.06 bits per heavy atom. The maximum atomic E-state index is 4.07. The third-order valence-corrected chi connectivity index (χ3v) is 1.89. The molecule has 0 unspecified atom stereocenters. The van der Waals surface area contributed by atoms with Crippen LogP contribution in [-0.2, 0) is 0 Å². The predicted octanol–water partition coefficient (Wildman–Crippen LogP) is 2.11. The molecule has 0 saturated heterocycles. The highest BCUT2D eigenvalue weighted by atomic mass is 14.8. The van der Waals surface area contributed by atoms with Crippen molar-refractivity contribution in [2.45, 2.75) is 0 Å². The lowest BCUT2D eigenvalue weighted by molar-refractivity contribution is 1.20. The first-order valence-electron chi connectivity index (χ1n) is 4.81. The summed E-state index contributed by atoms with van der Waals surface area (Å²) in [6.45, 7) is 0. The molecule has 2 heterocycles. The van der Waals surface area contributed by atoms with Gasteiger partial charge in [-0.1, -0.05) is 18.2 Å². The van der Waals surface area contributed by atoms with Crippen LogP contribution >= 0.6 is 0 Å². The van der Waals surface area contributed by atoms with E-state index in [-0.39, 0.29) is 0 Å². The molecule has 0 bridgehead atoms. The molecule has 78 valence electrons. The molecule has 3 aromatic rings. The van der Waals surface area contributed by atoms with E-state index in [0.717, 1.165) is 10.9 Å². The van der Waals surface area contributed by atoms with Crippen LogP contribution in [0.5, 0.6) is 0 Å². The molecular weight excluding hydrogens is 200 g/mol. The van der Waals surface area contributed by atoms with Crippen molar-refractivity contribution < 1.29 is 0 Å². The topological polar surface area (TPSA) is 51.6 Å². The van der Waals surface area contributed by atoms with Gasteiger partial charge in [0.05, 0.1) is 5.52 Å². The molecule has 0 radical (unpaired) electrons. The van der Waals surface area contributed by atoms with Crippen LogP contribution in [0.2, 0.25) is 0 Å². The van der Waals surface area contributed by atoms with Crippen LogP contribution in [0.4, 0.5) is 0 Å². The van der Waals surface area contributed by atoms with Crippen molar-refractivity contribution in [1.82, 2.24) is 19.9 Å². The fraction of sp³-hybridized carbons (Fsp3) is 0. The Bertz CT molecular complexity index is 447. The first-order valence-corrected chi connectivity index (χ1v) is 4.81. The number of fused-ring (bicyclic) bond motifs is 1. The number of hydrogen-bond donors (Lipinski definition) is 0. The zero-order chi connectivity index (χ0) is 11.1. The Morgan fingerprint density at radius 1 is 0.750 bits per heavy atom. The molecule has 2 aromatic heterocycles. The number of para-hydroxylation sites is 1. The molecule has 0 aliphatic rings. The van der Waals surface area contributed by atoms with Crippen LogP contribution in [0, 0.1) is 0 Å². The van der Waals surface area contributed by atoms with Gasteiger partial charge in [0.15, 0.2) is 0 Å². The van der Waals surface area contributed by atoms with Crippen LogP contribution < -0.4 is 0 Å². The van der Waals surface area contributed by atoms with E-state index in [1.807, 2.05) is 30.5 Å². The van der Waals surface area contributed by atoms with E-state index in [2.05, 4.69) is 19.9 Å². The summed E-state index contributed by atoms with van der Waals surface area (Å²) in [6.07, 6.45) is 9.92. The van der Waals surface area contributed by atoms with Gasteiger partial charge in [-0.3, -0.25) is 9.97 Å². The highest BCUT2D eigenvalue weighted by molar-refractivity contribution is 5.76. The average molecular weight is 210 g/mol. The molecule has 0 fully saturated rings. The van der Waals surface area contributed by atoms with Gasteiger partial charge < -0.3 is 0 Å². The first-order chi connectivity index (χ1) is 7.97. The molecule has 0 aliphatic carbocycles. The second-order valence-electron chi connectivity index (χ2n) is 2.98. The summed E-state index contributed by atoms with van der Waals surface area (Å²) in [5, 5.41) is 1.09. The maximum absolute atomic E-state index is 4.07. The highest BCUT2D eigenvalue weighted by Crippen LogP contribution is 2.06. The summed E-state index contributed by atoms with van der Waals surface area (Å²) < 4.78 is 0. The Morgan fingerprint density at radius 2 is 1.44 bits per heavy atom. The Kier molecular flexibility index (Phi) is 3.50. The van der Waals surface area contributed by atoms with Gasteiger partial charge in [-0.25, -0.2) is 9.97 Å². The molecular formula is C12H10N4. The van der Waals surface area contributed by atoms with Gasteiger partial charge in [0.1, 0.15) is 6.33 Å². The first kappa shape index (κ1) is 10.2. The lowest BCUT2D eigenvalue weighted by atomic mass is 10.2. The van der Waals surface area contributed by atoms with Crippen molar-refractivity contribution in [1.29, 1.82) is 0 Å². The van der Waals surface area contributed by atoms with E-state index in [1.54, 1.807) is 31.1 Å². The van der Waals surface area contributed by atoms with Gasteiger partial charge in [-0.2, -0.15) is 0 Å². The van der Waals surface area contributed by atoms with Crippen LogP contribution in [0.3, 0.4) is 0 Å². The monoisotopic (exact) mass is 210 g/mol. The lowest BCUT2D eigenvalue weighted by Crippen LogP contribution is -1.77. The third kappa shape index (κ3) is 2.81. The second-order valence-corrected chi connectivity index (χ2v) is 2.98. The molecule has 16 heavy (non-hydrogen) atoms. The normalized spacial score (nSPS) is 9.25. The molecule has 0 N–H and O–H groups in total. The van der Waals surface area contributed by atoms with Crippen LogP contribution in [0.25, 0.3) is 10.9 Å². The number of rotatable bonds is 0. The van der Waals surface area contributed by atoms with Gasteiger partial charge in [0.25, 0.3) is 0 Å². The smallest absolute Gasteiger partial charge is 0.116 e. The SMILES string of the molecule is c1ccc2ncncc2c1.c1cnccn1. The molecule has 4 nitrogen and oxygen atoms in total. The van der Waals surface area contributed by atoms with Gasteiger partial charge in [0.2, 0.25) is 0 Å². The maximum Gasteiger partial charge on any atom is 0.116 e. The minimum Gasteiger partial charge on any atom is -0.262 e. The van der Waals surface area contributed by atoms with E-state index >= 15 is 0 Å². The number of nitrogens with zero attached hydrogens (tertiary/aromatic N) is 4. The predicted molar refractivity (Wildman–Crippen MR) is 61.6 cm³/mol. The summed E-state index contributed by atoms with van der Waals surface area (Å²) in [5.74, 6) is 0. The summed E-state index contributed by atoms with van der Waals surface area (Å²) in [6, 6.07) is 7.91. The average Bonchev–Trinajstić information content (AvgIpc) is 2.42. The summed E-state index contributed by atoms with van der Waals surface area (Å²) in [5.41, 5.74) is 0.998. The quantitative estimate of drug-likeness (QED) is 0.570. The minimum absolute atomic E-state index is 0.998. The van der Waals surface area contributed by atoms with Gasteiger partial charge in [-0.05, 0) is 6.07 Å². The second kappa shape index (κ2) is 5.50. The van der Waals surface area contributed by atoms with Crippen molar-refractivity contribution in [2.75, 3.05) is 0 Å². The molecule has 4 heteroatoms. The van der Waals surface area contributed by atoms with Crippen molar-refractivity contribution in [3.63, 3.8) is 0 Å². The summed E-state index contributed by atoms with van der Waals surface area (Å²) in [4.78, 5) is 15.4. The van der Waals surface area contributed by atoms with Crippen molar-refractivity contribution in [3.8, 4) is 0 Å². The van der Waals surface area contributed by atoms with Crippen LogP contribution in [-0.4, -0.2) is 19.9 Å². The lowest BCUT2D eigenvalue weighted by Gasteiger charge is -1.90. The number of hydrogen-bond acceptors (Lipinski definition) is 4. The van der Waals surface area contributed by atoms with Crippen molar-refractivity contribution in [2.24, 2.45) is 0 Å². The summed E-state index contributed by atoms with van der Waals surface area (Å²) in [7, 11) is 0. The van der Waals surface area contributed by atoms with E-state index < -0.39 is 0 Å². The fourth-order valence-corrected chi connectivity index (χ4v) is 1.18. The number of aromatic nitrogens is 4. The standard InChI is InChI=1S/C8H6N2.C4H4N2/c1-2-4-8-7(3-1)5-9-6-10-8;1-2-6-4-3-5-1/h1-6H;1-4H. The third-order valence-electron chi connectivity index (χ3n) is 1.89. The molecule has 0 aliphatic heterocycles. The van der Waals surface area contributed by atoms with Crippen molar-refractivity contribution in [3.05, 3.63) is 61.6 Å². The van der Waals surface area contributed by atoms with E-state index in [4.69, 9.17) is 0 Å². The van der Waals surface area contributed by atoms with E-state index in [9.17, 15) is 0 Å². The zero-order valence-electron chi connectivity index (χ0n) is 8.56. The molecule has 0 saturated carbocycles. The van der Waals surface area contributed by atoms with Crippen molar-refractivity contribution >= 4 is 10.9 Å². The Balaban J connectivity index is 0.000000138. The molecule has 1 aromatic carbocycles. The highest BCUT2D eigenvalue weighted by Gasteiger charge is 1.87. The molecule has 0 spiro atoms. The molecule has 0 atom stereocenters. The van der Waals surface area contributed by atoms with Gasteiger partial charge in [0, 0.05) is 36.4 Å². The van der Waals surface area contributed by atoms with E-state index in [1.165, 1.54) is 0 Å². The fourth-order valence-electron chi connectivity index (χ4n) is 1.18. The summed E-state index contributed by atoms with van der Waals surface area (Å²) >= 11 is 0. The van der Waals surface area contributed by atoms with Gasteiger partial charge in [-0.15, -0.1) is 0 Å². The van der Waals surface area contributed by atoms with Crippen LogP contribution in [0.15, 0.2) is 61.6 Å². The van der Waals surface area contributed by atoms with Crippen LogP contribution in [0.1, 0.15) is 0 Å². The Labute approximate surface area is 93.1 Å². The van der Waals surface area contributed by atoms with E-state index in [0.29, 0.717) is 0 Å². The molecule has 0 amide bonds. The zero-order valence-corrected chi connectivity index (χ0v) is 8.56.